The molecule has 0 saturated carbocycles. The molecule has 1 unspecified atom stereocenters. The predicted molar refractivity (Wildman–Crippen MR) is 151 cm³/mol. The van der Waals surface area contributed by atoms with Gasteiger partial charge in [0, 0.05) is 30.1 Å². The van der Waals surface area contributed by atoms with Crippen molar-refractivity contribution in [3.63, 3.8) is 0 Å². The van der Waals surface area contributed by atoms with Gasteiger partial charge >= 0.3 is 6.09 Å². The van der Waals surface area contributed by atoms with Gasteiger partial charge < -0.3 is 15.0 Å². The van der Waals surface area contributed by atoms with E-state index in [1.807, 2.05) is 47.0 Å². The Kier molecular flexibility index (Phi) is 7.09. The van der Waals surface area contributed by atoms with Crippen molar-refractivity contribution in [1.29, 1.82) is 0 Å². The lowest BCUT2D eigenvalue weighted by Crippen LogP contribution is -2.29. The molecule has 3 aromatic rings. The lowest BCUT2D eigenvalue weighted by molar-refractivity contribution is 0.0547. The van der Waals surface area contributed by atoms with Crippen LogP contribution in [0.25, 0.3) is 22.2 Å². The van der Waals surface area contributed by atoms with E-state index >= 15 is 0 Å². The van der Waals surface area contributed by atoms with E-state index in [0.717, 1.165) is 47.2 Å². The predicted octanol–water partition coefficient (Wildman–Crippen LogP) is 5.94. The first-order valence-electron chi connectivity index (χ1n) is 13.7. The van der Waals surface area contributed by atoms with Crippen LogP contribution in [0.4, 0.5) is 4.79 Å². The number of hydrogen-bond acceptors (Lipinski definition) is 5. The molecular weight excluding hydrogens is 476 g/mol. The zero-order chi connectivity index (χ0) is 27.2. The fourth-order valence-corrected chi connectivity index (χ4v) is 5.58. The lowest BCUT2D eigenvalue weighted by Gasteiger charge is -2.26. The highest BCUT2D eigenvalue weighted by atomic mass is 16.6. The van der Waals surface area contributed by atoms with E-state index in [1.165, 1.54) is 24.8 Å². The molecule has 7 heteroatoms. The minimum atomic E-state index is -0.653. The minimum Gasteiger partial charge on any atom is -0.443 e. The third-order valence-electron chi connectivity index (χ3n) is 7.74. The quantitative estimate of drug-likeness (QED) is 0.454. The first kappa shape index (κ1) is 26.4. The van der Waals surface area contributed by atoms with Crippen LogP contribution < -0.4 is 5.32 Å². The van der Waals surface area contributed by atoms with Crippen LogP contribution in [0.3, 0.4) is 0 Å². The monoisotopic (exact) mass is 516 g/mol. The highest BCUT2D eigenvalue weighted by Gasteiger charge is 2.30. The Labute approximate surface area is 225 Å². The Bertz CT molecular complexity index is 1380. The summed E-state index contributed by atoms with van der Waals surface area (Å²) in [7, 11) is 4.09. The maximum absolute atomic E-state index is 13.7. The molecular formula is C31H40N4O3. The van der Waals surface area contributed by atoms with Gasteiger partial charge in [-0.05, 0) is 109 Å². The van der Waals surface area contributed by atoms with Crippen LogP contribution >= 0.6 is 0 Å². The second kappa shape index (κ2) is 10.2. The number of likely N-dealkylation sites (tertiary alicyclic amines) is 1. The van der Waals surface area contributed by atoms with Crippen LogP contribution in [0.15, 0.2) is 36.4 Å². The number of hydrogen-bond donors (Lipinski definition) is 1. The normalized spacial score (nSPS) is 17.1. The standard InChI is InChI=1S/C31H40N4O3/c1-20(33(5)6)22-15-24-18-32-29(36)28(24)25(16-22)27-17-23-14-21(19-34-12-8-7-9-13-34)10-11-26(23)35(27)30(37)38-31(2,3)4/h10-11,14-17,20H,7-9,12-13,18-19H2,1-6H3,(H,32,36). The third-order valence-corrected chi connectivity index (χ3v) is 7.74. The number of aromatic nitrogens is 1. The molecule has 0 bridgehead atoms. The number of piperidine rings is 1. The third kappa shape index (κ3) is 5.22. The van der Waals surface area contributed by atoms with Gasteiger partial charge in [-0.1, -0.05) is 18.6 Å². The minimum absolute atomic E-state index is 0.106. The average molecular weight is 517 g/mol. The summed E-state index contributed by atoms with van der Waals surface area (Å²) in [6.45, 7) is 11.4. The van der Waals surface area contributed by atoms with Crippen molar-refractivity contribution < 1.29 is 14.3 Å². The number of ether oxygens (including phenoxy) is 1. The number of fused-ring (bicyclic) bond motifs is 2. The zero-order valence-corrected chi connectivity index (χ0v) is 23.6. The van der Waals surface area contributed by atoms with Crippen molar-refractivity contribution in [2.24, 2.45) is 0 Å². The summed E-state index contributed by atoms with van der Waals surface area (Å²) in [5.74, 6) is -0.106. The molecule has 1 amide bonds. The topological polar surface area (TPSA) is 66.8 Å². The van der Waals surface area contributed by atoms with Gasteiger partial charge in [-0.15, -0.1) is 0 Å². The fraction of sp³-hybridized carbons (Fsp3) is 0.484. The van der Waals surface area contributed by atoms with E-state index in [0.29, 0.717) is 17.8 Å². The summed E-state index contributed by atoms with van der Waals surface area (Å²) in [5.41, 5.74) is 5.52. The van der Waals surface area contributed by atoms with Crippen LogP contribution in [-0.4, -0.2) is 59.2 Å². The maximum Gasteiger partial charge on any atom is 0.419 e. The van der Waals surface area contributed by atoms with Crippen molar-refractivity contribution in [3.8, 4) is 11.3 Å². The highest BCUT2D eigenvalue weighted by Crippen LogP contribution is 2.37. The molecule has 0 aliphatic carbocycles. The maximum atomic E-state index is 13.7. The van der Waals surface area contributed by atoms with Gasteiger partial charge in [-0.25, -0.2) is 9.36 Å². The Morgan fingerprint density at radius 2 is 1.82 bits per heavy atom. The Morgan fingerprint density at radius 3 is 2.50 bits per heavy atom. The second-order valence-corrected chi connectivity index (χ2v) is 12.0. The largest absolute Gasteiger partial charge is 0.443 e. The van der Waals surface area contributed by atoms with Gasteiger partial charge in [0.25, 0.3) is 5.91 Å². The van der Waals surface area contributed by atoms with E-state index < -0.39 is 11.7 Å². The molecule has 1 saturated heterocycles. The van der Waals surface area contributed by atoms with Crippen molar-refractivity contribution in [1.82, 2.24) is 19.7 Å². The molecule has 7 nitrogen and oxygen atoms in total. The second-order valence-electron chi connectivity index (χ2n) is 12.0. The number of carbonyl (C=O) groups is 2. The van der Waals surface area contributed by atoms with E-state index in [1.54, 1.807) is 4.57 Å². The van der Waals surface area contributed by atoms with Crippen molar-refractivity contribution in [2.45, 2.75) is 71.7 Å². The molecule has 38 heavy (non-hydrogen) atoms. The molecule has 3 heterocycles. The first-order valence-corrected chi connectivity index (χ1v) is 13.7. The molecule has 1 aromatic heterocycles. The average Bonchev–Trinajstić information content (AvgIpc) is 3.43. The summed E-state index contributed by atoms with van der Waals surface area (Å²) in [6.07, 6.45) is 3.36. The summed E-state index contributed by atoms with van der Waals surface area (Å²) in [6, 6.07) is 12.7. The van der Waals surface area contributed by atoms with Crippen molar-refractivity contribution in [3.05, 3.63) is 58.7 Å². The van der Waals surface area contributed by atoms with E-state index in [9.17, 15) is 9.59 Å². The number of nitrogens with one attached hydrogen (secondary N) is 1. The Morgan fingerprint density at radius 1 is 1.08 bits per heavy atom. The van der Waals surface area contributed by atoms with Crippen LogP contribution in [0.5, 0.6) is 0 Å². The number of benzene rings is 2. The molecule has 0 radical (unpaired) electrons. The van der Waals surface area contributed by atoms with Gasteiger partial charge in [0.05, 0.1) is 16.8 Å². The van der Waals surface area contributed by atoms with E-state index in [-0.39, 0.29) is 11.9 Å². The van der Waals surface area contributed by atoms with Gasteiger partial charge in [0.2, 0.25) is 0 Å². The number of amides is 1. The summed E-state index contributed by atoms with van der Waals surface area (Å²) >= 11 is 0. The van der Waals surface area contributed by atoms with Gasteiger partial charge in [-0.3, -0.25) is 9.69 Å². The van der Waals surface area contributed by atoms with E-state index in [2.05, 4.69) is 46.3 Å². The molecule has 2 aromatic carbocycles. The van der Waals surface area contributed by atoms with Gasteiger partial charge in [0.1, 0.15) is 5.60 Å². The van der Waals surface area contributed by atoms with Crippen molar-refractivity contribution >= 4 is 22.9 Å². The smallest absolute Gasteiger partial charge is 0.419 e. The molecule has 0 spiro atoms. The molecule has 2 aliphatic rings. The van der Waals surface area contributed by atoms with Crippen LogP contribution in [0.1, 0.15) is 80.0 Å². The number of rotatable bonds is 5. The SMILES string of the molecule is CC(c1cc2c(c(-c3cc4cc(CN5CCCCC5)ccc4n3C(=O)OC(C)(C)C)c1)C(=O)NC2)N(C)C. The highest BCUT2D eigenvalue weighted by molar-refractivity contribution is 6.07. The summed E-state index contributed by atoms with van der Waals surface area (Å²) in [5, 5.41) is 3.95. The van der Waals surface area contributed by atoms with Gasteiger partial charge in [0.15, 0.2) is 0 Å². The molecule has 1 atom stereocenters. The number of carbonyl (C=O) groups excluding carboxylic acids is 2. The summed E-state index contributed by atoms with van der Waals surface area (Å²) in [4.78, 5) is 31.3. The van der Waals surface area contributed by atoms with Crippen LogP contribution in [-0.2, 0) is 17.8 Å². The van der Waals surface area contributed by atoms with Crippen LogP contribution in [0, 0.1) is 0 Å². The van der Waals surface area contributed by atoms with Crippen LogP contribution in [0.2, 0.25) is 0 Å². The molecule has 5 rings (SSSR count). The molecule has 202 valence electrons. The van der Waals surface area contributed by atoms with Gasteiger partial charge in [-0.2, -0.15) is 0 Å². The Balaban J connectivity index is 1.68. The molecule has 2 aliphatic heterocycles. The van der Waals surface area contributed by atoms with Crippen molar-refractivity contribution in [2.75, 3.05) is 27.2 Å². The first-order chi connectivity index (χ1) is 18.0. The summed E-state index contributed by atoms with van der Waals surface area (Å²) < 4.78 is 7.52. The molecule has 1 fully saturated rings. The lowest BCUT2D eigenvalue weighted by atomic mass is 9.94. The fourth-order valence-electron chi connectivity index (χ4n) is 5.58. The van der Waals surface area contributed by atoms with E-state index in [4.69, 9.17) is 4.74 Å². The zero-order valence-electron chi connectivity index (χ0n) is 23.6. The Hall–Kier alpha value is -3.16. The number of nitrogens with zero attached hydrogens (tertiary/aromatic N) is 3. The molecule has 1 N–H and O–H groups in total.